The fourth-order valence-electron chi connectivity index (χ4n) is 3.12. The van der Waals surface area contributed by atoms with Crippen LogP contribution in [-0.4, -0.2) is 37.3 Å². The van der Waals surface area contributed by atoms with Gasteiger partial charge in [-0.25, -0.2) is 0 Å². The first-order valence-corrected chi connectivity index (χ1v) is 8.28. The van der Waals surface area contributed by atoms with Crippen molar-refractivity contribution in [2.75, 3.05) is 6.54 Å². The first-order chi connectivity index (χ1) is 12.2. The van der Waals surface area contributed by atoms with Crippen molar-refractivity contribution in [3.63, 3.8) is 0 Å². The van der Waals surface area contributed by atoms with Gasteiger partial charge in [0.15, 0.2) is 0 Å². The second-order valence-electron chi connectivity index (χ2n) is 6.19. The fourth-order valence-corrected chi connectivity index (χ4v) is 3.12. The molecule has 2 aromatic heterocycles. The number of H-pyrrole nitrogens is 1. The van der Waals surface area contributed by atoms with Crippen LogP contribution in [0.2, 0.25) is 0 Å². The number of fused-ring (bicyclic) bond motifs is 1. The Morgan fingerprint density at radius 1 is 1.28 bits per heavy atom. The van der Waals surface area contributed by atoms with Gasteiger partial charge < -0.3 is 4.90 Å². The van der Waals surface area contributed by atoms with E-state index >= 15 is 0 Å². The largest absolute Gasteiger partial charge is 0.334 e. The lowest BCUT2D eigenvalue weighted by molar-refractivity contribution is -0.126. The molecular formula is C19H19N5O. The van der Waals surface area contributed by atoms with E-state index in [1.165, 1.54) is 0 Å². The Balaban J connectivity index is 1.53. The third-order valence-electron chi connectivity index (χ3n) is 4.44. The molecule has 0 unspecified atom stereocenters. The smallest absolute Gasteiger partial charge is 0.246 e. The van der Waals surface area contributed by atoms with Gasteiger partial charge in [-0.15, -0.1) is 0 Å². The first kappa shape index (κ1) is 15.4. The van der Waals surface area contributed by atoms with E-state index in [0.29, 0.717) is 13.1 Å². The molecule has 4 rings (SSSR count). The number of carbonyl (C=O) groups excluding carboxylic acids is 1. The maximum atomic E-state index is 12.5. The molecule has 0 fully saturated rings. The number of amides is 1. The van der Waals surface area contributed by atoms with E-state index in [-0.39, 0.29) is 5.91 Å². The molecule has 1 aliphatic rings. The number of benzene rings is 1. The van der Waals surface area contributed by atoms with Gasteiger partial charge in [-0.1, -0.05) is 30.3 Å². The van der Waals surface area contributed by atoms with Crippen molar-refractivity contribution in [3.05, 3.63) is 65.6 Å². The van der Waals surface area contributed by atoms with Crippen molar-refractivity contribution in [3.8, 4) is 11.3 Å². The lowest BCUT2D eigenvalue weighted by Gasteiger charge is -2.26. The van der Waals surface area contributed by atoms with Gasteiger partial charge in [0.05, 0.1) is 11.9 Å². The normalized spacial score (nSPS) is 14.0. The monoisotopic (exact) mass is 333 g/mol. The summed E-state index contributed by atoms with van der Waals surface area (Å²) >= 11 is 0. The van der Waals surface area contributed by atoms with Gasteiger partial charge >= 0.3 is 0 Å². The van der Waals surface area contributed by atoms with Gasteiger partial charge in [0.25, 0.3) is 0 Å². The third-order valence-corrected chi connectivity index (χ3v) is 4.44. The highest BCUT2D eigenvalue weighted by Gasteiger charge is 2.24. The van der Waals surface area contributed by atoms with Gasteiger partial charge in [0.2, 0.25) is 5.91 Å². The Bertz CT molecular complexity index is 922. The predicted molar refractivity (Wildman–Crippen MR) is 95.4 cm³/mol. The highest BCUT2D eigenvalue weighted by molar-refractivity contribution is 5.92. The molecule has 3 aromatic rings. The molecule has 25 heavy (non-hydrogen) atoms. The summed E-state index contributed by atoms with van der Waals surface area (Å²) in [6.45, 7) is 1.27. The highest BCUT2D eigenvalue weighted by atomic mass is 16.2. The average molecular weight is 333 g/mol. The van der Waals surface area contributed by atoms with Crippen LogP contribution in [0, 0.1) is 0 Å². The quantitative estimate of drug-likeness (QED) is 0.749. The number of hydrogen-bond acceptors (Lipinski definition) is 3. The maximum Gasteiger partial charge on any atom is 0.246 e. The average Bonchev–Trinajstić information content (AvgIpc) is 3.26. The second-order valence-corrected chi connectivity index (χ2v) is 6.19. The number of aromatic amines is 1. The predicted octanol–water partition coefficient (Wildman–Crippen LogP) is 2.41. The van der Waals surface area contributed by atoms with Crippen LogP contribution in [0.4, 0.5) is 0 Å². The zero-order valence-corrected chi connectivity index (χ0v) is 14.0. The summed E-state index contributed by atoms with van der Waals surface area (Å²) in [6, 6.07) is 10.1. The van der Waals surface area contributed by atoms with Crippen molar-refractivity contribution in [2.45, 2.75) is 13.0 Å². The van der Waals surface area contributed by atoms with Crippen molar-refractivity contribution < 1.29 is 4.79 Å². The Morgan fingerprint density at radius 3 is 2.88 bits per heavy atom. The highest BCUT2D eigenvalue weighted by Crippen LogP contribution is 2.28. The molecule has 1 aromatic carbocycles. The minimum Gasteiger partial charge on any atom is -0.334 e. The second kappa shape index (κ2) is 6.39. The van der Waals surface area contributed by atoms with Crippen LogP contribution in [0.3, 0.4) is 0 Å². The molecule has 6 heteroatoms. The zero-order chi connectivity index (χ0) is 17.2. The van der Waals surface area contributed by atoms with Gasteiger partial charge in [-0.05, 0) is 6.08 Å². The fraction of sp³-hybridized carbons (Fsp3) is 0.211. The van der Waals surface area contributed by atoms with Crippen LogP contribution in [0.1, 0.15) is 16.8 Å². The van der Waals surface area contributed by atoms with E-state index < -0.39 is 0 Å². The van der Waals surface area contributed by atoms with Gasteiger partial charge in [-0.3, -0.25) is 14.6 Å². The van der Waals surface area contributed by atoms with E-state index in [1.807, 2.05) is 48.5 Å². The number of carbonyl (C=O) groups is 1. The van der Waals surface area contributed by atoms with Crippen LogP contribution in [-0.2, 0) is 24.8 Å². The Hall–Kier alpha value is -3.15. The summed E-state index contributed by atoms with van der Waals surface area (Å²) in [6.07, 6.45) is 7.83. The molecule has 126 valence electrons. The van der Waals surface area contributed by atoms with Gasteiger partial charge in [0, 0.05) is 61.2 Å². The van der Waals surface area contributed by atoms with Crippen molar-refractivity contribution >= 4 is 12.0 Å². The van der Waals surface area contributed by atoms with Gasteiger partial charge in [-0.2, -0.15) is 10.2 Å². The lowest BCUT2D eigenvalue weighted by atomic mass is 10.0. The van der Waals surface area contributed by atoms with Crippen LogP contribution in [0.15, 0.2) is 48.8 Å². The van der Waals surface area contributed by atoms with E-state index in [4.69, 9.17) is 0 Å². The number of nitrogens with zero attached hydrogens (tertiary/aromatic N) is 4. The molecule has 1 aliphatic heterocycles. The Labute approximate surface area is 145 Å². The van der Waals surface area contributed by atoms with Crippen LogP contribution in [0.5, 0.6) is 0 Å². The Kier molecular flexibility index (Phi) is 3.93. The van der Waals surface area contributed by atoms with Crippen LogP contribution in [0.25, 0.3) is 17.3 Å². The summed E-state index contributed by atoms with van der Waals surface area (Å²) in [4.78, 5) is 14.4. The minimum atomic E-state index is 0.00900. The molecular weight excluding hydrogens is 314 g/mol. The molecule has 1 N–H and O–H groups in total. The maximum absolute atomic E-state index is 12.5. The summed E-state index contributed by atoms with van der Waals surface area (Å²) < 4.78 is 1.72. The topological polar surface area (TPSA) is 66.8 Å². The Morgan fingerprint density at radius 2 is 2.12 bits per heavy atom. The van der Waals surface area contributed by atoms with E-state index in [9.17, 15) is 4.79 Å². The van der Waals surface area contributed by atoms with Crippen LogP contribution >= 0.6 is 0 Å². The minimum absolute atomic E-state index is 0.00900. The third kappa shape index (κ3) is 3.10. The molecule has 0 aliphatic carbocycles. The van der Waals surface area contributed by atoms with Crippen molar-refractivity contribution in [1.82, 2.24) is 24.9 Å². The van der Waals surface area contributed by atoms with E-state index in [0.717, 1.165) is 34.5 Å². The van der Waals surface area contributed by atoms with E-state index in [1.54, 1.807) is 23.0 Å². The number of nitrogens with one attached hydrogen (secondary N) is 1. The summed E-state index contributed by atoms with van der Waals surface area (Å²) in [5, 5.41) is 11.7. The molecule has 0 radical (unpaired) electrons. The van der Waals surface area contributed by atoms with Crippen molar-refractivity contribution in [1.29, 1.82) is 0 Å². The number of hydrogen-bond donors (Lipinski definition) is 1. The number of rotatable bonds is 3. The summed E-state index contributed by atoms with van der Waals surface area (Å²) in [7, 11) is 1.86. The molecule has 0 spiro atoms. The number of aromatic nitrogens is 4. The SMILES string of the molecule is Cn1cc(C=CC(=O)N2CCc3[nH]nc(-c4ccccc4)c3C2)cn1. The van der Waals surface area contributed by atoms with Gasteiger partial charge in [0.1, 0.15) is 0 Å². The molecule has 0 saturated heterocycles. The molecule has 1 amide bonds. The lowest BCUT2D eigenvalue weighted by Crippen LogP contribution is -2.34. The summed E-state index contributed by atoms with van der Waals surface area (Å²) in [5.74, 6) is 0.00900. The standard InChI is InChI=1S/C19H19N5O/c1-23-12-14(11-20-23)7-8-18(25)24-10-9-17-16(13-24)19(22-21-17)15-5-3-2-4-6-15/h2-8,11-12H,9-10,13H2,1H3,(H,21,22). The number of aryl methyl sites for hydroxylation is 1. The summed E-state index contributed by atoms with van der Waals surface area (Å²) in [5.41, 5.74) is 5.16. The van der Waals surface area contributed by atoms with Crippen LogP contribution < -0.4 is 0 Å². The van der Waals surface area contributed by atoms with E-state index in [2.05, 4.69) is 15.3 Å². The van der Waals surface area contributed by atoms with Crippen molar-refractivity contribution in [2.24, 2.45) is 7.05 Å². The zero-order valence-electron chi connectivity index (χ0n) is 14.0. The molecule has 0 saturated carbocycles. The molecule has 3 heterocycles. The first-order valence-electron chi connectivity index (χ1n) is 8.28. The molecule has 0 bridgehead atoms. The molecule has 6 nitrogen and oxygen atoms in total. The molecule has 0 atom stereocenters.